The third kappa shape index (κ3) is 4.52. The van der Waals surface area contributed by atoms with Crippen LogP contribution in [0.5, 0.6) is 0 Å². The predicted molar refractivity (Wildman–Crippen MR) is 124 cm³/mol. The summed E-state index contributed by atoms with van der Waals surface area (Å²) in [6.07, 6.45) is 3.39. The number of aromatic nitrogens is 2. The van der Waals surface area contributed by atoms with Crippen molar-refractivity contribution in [3.05, 3.63) is 24.0 Å². The van der Waals surface area contributed by atoms with Gasteiger partial charge in [0.25, 0.3) is 0 Å². The summed E-state index contributed by atoms with van der Waals surface area (Å²) in [7, 11) is -3.53. The molecule has 2 aliphatic rings. The van der Waals surface area contributed by atoms with E-state index in [1.54, 1.807) is 23.9 Å². The number of sulfonamides is 1. The summed E-state index contributed by atoms with van der Waals surface area (Å²) < 4.78 is 35.9. The molecule has 0 saturated carbocycles. The SMILES string of the molecule is CCCn1c(CSC(=S)N2CCCC2)nc2cc(S(=O)(=O)N3CCOCC3)ccc21. The van der Waals surface area contributed by atoms with Crippen LogP contribution in [0.15, 0.2) is 23.1 Å². The van der Waals surface area contributed by atoms with Gasteiger partial charge in [-0.25, -0.2) is 13.4 Å². The Bertz CT molecular complexity index is 1010. The molecule has 4 rings (SSSR count). The van der Waals surface area contributed by atoms with E-state index < -0.39 is 10.0 Å². The van der Waals surface area contributed by atoms with Gasteiger partial charge in [-0.3, -0.25) is 0 Å². The number of fused-ring (bicyclic) bond motifs is 1. The van der Waals surface area contributed by atoms with Crippen LogP contribution in [0.25, 0.3) is 11.0 Å². The molecule has 0 atom stereocenters. The molecular formula is C20H28N4O3S3. The molecule has 0 radical (unpaired) electrons. The molecule has 2 fully saturated rings. The number of hydrogen-bond acceptors (Lipinski definition) is 6. The molecule has 2 aromatic rings. The van der Waals surface area contributed by atoms with Gasteiger partial charge in [-0.2, -0.15) is 4.31 Å². The Kier molecular flexibility index (Phi) is 6.98. The molecule has 2 aliphatic heterocycles. The van der Waals surface area contributed by atoms with Crippen molar-refractivity contribution < 1.29 is 13.2 Å². The summed E-state index contributed by atoms with van der Waals surface area (Å²) in [6.45, 7) is 6.71. The third-order valence-electron chi connectivity index (χ3n) is 5.54. The molecule has 0 spiro atoms. The maximum Gasteiger partial charge on any atom is 0.243 e. The highest BCUT2D eigenvalue weighted by Gasteiger charge is 2.27. The van der Waals surface area contributed by atoms with Gasteiger partial charge in [0, 0.05) is 32.7 Å². The lowest BCUT2D eigenvalue weighted by molar-refractivity contribution is 0.0730. The van der Waals surface area contributed by atoms with E-state index in [0.717, 1.165) is 47.2 Å². The van der Waals surface area contributed by atoms with Crippen molar-refractivity contribution in [3.63, 3.8) is 0 Å². The molecule has 7 nitrogen and oxygen atoms in total. The minimum absolute atomic E-state index is 0.296. The number of imidazole rings is 1. The maximum absolute atomic E-state index is 13.0. The lowest BCUT2D eigenvalue weighted by atomic mass is 10.3. The number of thiocarbonyl (C=S) groups is 1. The molecule has 0 N–H and O–H groups in total. The van der Waals surface area contributed by atoms with Crippen LogP contribution in [0.3, 0.4) is 0 Å². The van der Waals surface area contributed by atoms with Crippen LogP contribution in [0.4, 0.5) is 0 Å². The van der Waals surface area contributed by atoms with Gasteiger partial charge in [0.15, 0.2) is 0 Å². The van der Waals surface area contributed by atoms with E-state index in [-0.39, 0.29) is 0 Å². The average molecular weight is 469 g/mol. The van der Waals surface area contributed by atoms with E-state index in [1.807, 2.05) is 6.07 Å². The molecular weight excluding hydrogens is 440 g/mol. The zero-order valence-electron chi connectivity index (χ0n) is 17.2. The zero-order chi connectivity index (χ0) is 21.1. The van der Waals surface area contributed by atoms with Crippen LogP contribution < -0.4 is 0 Å². The van der Waals surface area contributed by atoms with Crippen molar-refractivity contribution in [3.8, 4) is 0 Å². The number of nitrogens with zero attached hydrogens (tertiary/aromatic N) is 4. The fourth-order valence-corrected chi connectivity index (χ4v) is 6.58. The number of thioether (sulfide) groups is 1. The van der Waals surface area contributed by atoms with E-state index in [2.05, 4.69) is 16.4 Å². The number of likely N-dealkylation sites (tertiary alicyclic amines) is 1. The van der Waals surface area contributed by atoms with Crippen LogP contribution in [-0.2, 0) is 27.1 Å². The third-order valence-corrected chi connectivity index (χ3v) is 8.96. The Morgan fingerprint density at radius 3 is 2.63 bits per heavy atom. The minimum Gasteiger partial charge on any atom is -0.379 e. The van der Waals surface area contributed by atoms with Crippen molar-refractivity contribution in [2.24, 2.45) is 0 Å². The Hall–Kier alpha value is -1.20. The fraction of sp³-hybridized carbons (Fsp3) is 0.600. The molecule has 0 unspecified atom stereocenters. The molecule has 3 heterocycles. The summed E-state index contributed by atoms with van der Waals surface area (Å²) in [4.78, 5) is 7.37. The topological polar surface area (TPSA) is 67.7 Å². The van der Waals surface area contributed by atoms with Crippen LogP contribution >= 0.6 is 24.0 Å². The molecule has 0 amide bonds. The summed E-state index contributed by atoms with van der Waals surface area (Å²) in [5.74, 6) is 1.63. The van der Waals surface area contributed by atoms with E-state index >= 15 is 0 Å². The van der Waals surface area contributed by atoms with Gasteiger partial charge in [-0.15, -0.1) is 0 Å². The van der Waals surface area contributed by atoms with Gasteiger partial charge in [0.2, 0.25) is 10.0 Å². The average Bonchev–Trinajstić information content (AvgIpc) is 3.41. The maximum atomic E-state index is 13.0. The largest absolute Gasteiger partial charge is 0.379 e. The number of benzene rings is 1. The molecule has 0 aliphatic carbocycles. The van der Waals surface area contributed by atoms with Crippen LogP contribution in [0.1, 0.15) is 32.0 Å². The molecule has 0 bridgehead atoms. The highest BCUT2D eigenvalue weighted by atomic mass is 32.2. The molecule has 10 heteroatoms. The van der Waals surface area contributed by atoms with Crippen LogP contribution in [0.2, 0.25) is 0 Å². The van der Waals surface area contributed by atoms with Gasteiger partial charge in [0.05, 0.1) is 34.9 Å². The monoisotopic (exact) mass is 468 g/mol. The van der Waals surface area contributed by atoms with Gasteiger partial charge in [-0.1, -0.05) is 30.9 Å². The number of rotatable bonds is 6. The predicted octanol–water partition coefficient (Wildman–Crippen LogP) is 3.08. The number of aryl methyl sites for hydroxylation is 1. The van der Waals surface area contributed by atoms with E-state index in [0.29, 0.717) is 37.0 Å². The first-order valence-electron chi connectivity index (χ1n) is 10.5. The number of ether oxygens (including phenoxy) is 1. The van der Waals surface area contributed by atoms with Crippen molar-refractivity contribution in [1.82, 2.24) is 18.8 Å². The first kappa shape index (κ1) is 22.0. The summed E-state index contributed by atoms with van der Waals surface area (Å²) in [5, 5.41) is 0. The van der Waals surface area contributed by atoms with E-state index in [1.165, 1.54) is 17.1 Å². The normalized spacial score (nSPS) is 18.4. The molecule has 30 heavy (non-hydrogen) atoms. The van der Waals surface area contributed by atoms with Crippen molar-refractivity contribution >= 4 is 49.4 Å². The lowest BCUT2D eigenvalue weighted by Crippen LogP contribution is -2.40. The summed E-state index contributed by atoms with van der Waals surface area (Å²) in [5.41, 5.74) is 1.70. The Morgan fingerprint density at radius 2 is 1.93 bits per heavy atom. The second-order valence-electron chi connectivity index (χ2n) is 7.60. The Labute approximate surface area is 187 Å². The van der Waals surface area contributed by atoms with Gasteiger partial charge >= 0.3 is 0 Å². The summed E-state index contributed by atoms with van der Waals surface area (Å²) in [6, 6.07) is 5.30. The first-order valence-corrected chi connectivity index (χ1v) is 13.3. The van der Waals surface area contributed by atoms with Gasteiger partial charge in [0.1, 0.15) is 10.1 Å². The van der Waals surface area contributed by atoms with Gasteiger partial charge in [-0.05, 0) is 37.5 Å². The zero-order valence-corrected chi connectivity index (χ0v) is 19.7. The highest BCUT2D eigenvalue weighted by molar-refractivity contribution is 8.22. The quantitative estimate of drug-likeness (QED) is 0.604. The van der Waals surface area contributed by atoms with Crippen LogP contribution in [-0.4, -0.2) is 70.9 Å². The number of morpholine rings is 1. The van der Waals surface area contributed by atoms with Crippen molar-refractivity contribution in [1.29, 1.82) is 0 Å². The molecule has 1 aromatic carbocycles. The fourth-order valence-electron chi connectivity index (χ4n) is 3.96. The van der Waals surface area contributed by atoms with E-state index in [9.17, 15) is 8.42 Å². The molecule has 2 saturated heterocycles. The standard InChI is InChI=1S/C20H28N4O3S3/c1-2-7-24-18-6-5-16(30(25,26)23-10-12-27-13-11-23)14-17(18)21-19(24)15-29-20(28)22-8-3-4-9-22/h5-6,14H,2-4,7-13,15H2,1H3. The highest BCUT2D eigenvalue weighted by Crippen LogP contribution is 2.26. The van der Waals surface area contributed by atoms with Crippen molar-refractivity contribution in [2.75, 3.05) is 39.4 Å². The smallest absolute Gasteiger partial charge is 0.243 e. The Morgan fingerprint density at radius 1 is 1.20 bits per heavy atom. The summed E-state index contributed by atoms with van der Waals surface area (Å²) >= 11 is 7.25. The molecule has 1 aromatic heterocycles. The Balaban J connectivity index is 1.59. The lowest BCUT2D eigenvalue weighted by Gasteiger charge is -2.26. The second kappa shape index (κ2) is 9.52. The first-order chi connectivity index (χ1) is 14.5. The van der Waals surface area contributed by atoms with E-state index in [4.69, 9.17) is 21.9 Å². The van der Waals surface area contributed by atoms with Gasteiger partial charge < -0.3 is 14.2 Å². The van der Waals surface area contributed by atoms with Crippen molar-refractivity contribution in [2.45, 2.75) is 43.4 Å². The minimum atomic E-state index is -3.53. The molecule has 164 valence electrons. The number of hydrogen-bond donors (Lipinski definition) is 0. The second-order valence-corrected chi connectivity index (χ2v) is 11.1. The van der Waals surface area contributed by atoms with Crippen LogP contribution in [0, 0.1) is 0 Å².